The highest BCUT2D eigenvalue weighted by atomic mass is 16.8. The first-order chi connectivity index (χ1) is 6.56. The highest BCUT2D eigenvalue weighted by Crippen LogP contribution is 2.32. The van der Waals surface area contributed by atoms with Crippen molar-refractivity contribution in [3.63, 3.8) is 0 Å². The molecule has 0 aromatic heterocycles. The Hall–Kier alpha value is -0.120. The van der Waals surface area contributed by atoms with Gasteiger partial charge < -0.3 is 9.47 Å². The van der Waals surface area contributed by atoms with Gasteiger partial charge in [0.15, 0.2) is 12.5 Å². The second-order valence-corrected chi connectivity index (χ2v) is 5.22. The number of hydrogen-bond donors (Lipinski definition) is 0. The summed E-state index contributed by atoms with van der Waals surface area (Å²) in [5.41, 5.74) is -0.0881. The zero-order chi connectivity index (χ0) is 10.2. The van der Waals surface area contributed by atoms with E-state index >= 15 is 0 Å². The topological polar surface area (TPSA) is 25.0 Å². The van der Waals surface area contributed by atoms with E-state index < -0.39 is 0 Å². The van der Waals surface area contributed by atoms with Crippen LogP contribution in [0.4, 0.5) is 0 Å². The van der Waals surface area contributed by atoms with Crippen molar-refractivity contribution >= 4 is 0 Å². The minimum atomic E-state index is -0.0881. The van der Waals surface area contributed by atoms with E-state index in [1.165, 1.54) is 32.4 Å². The van der Waals surface area contributed by atoms with E-state index in [0.29, 0.717) is 0 Å². The Labute approximate surface area is 86.4 Å². The second-order valence-electron chi connectivity index (χ2n) is 5.22. The number of rotatable bonds is 2. The van der Waals surface area contributed by atoms with E-state index in [9.17, 15) is 0 Å². The van der Waals surface area contributed by atoms with Crippen LogP contribution in [0.25, 0.3) is 0 Å². The van der Waals surface area contributed by atoms with E-state index in [-0.39, 0.29) is 18.1 Å². The maximum Gasteiger partial charge on any atom is 0.200 e. The summed E-state index contributed by atoms with van der Waals surface area (Å²) in [6.07, 6.45) is 4.25. The standard InChI is InChI=1S/C11H21NO2/c1-11(2,3)14-10-9(13-10)12-7-5-4-6-8-12/h9-10H,4-8H2,1-3H3. The molecule has 82 valence electrons. The van der Waals surface area contributed by atoms with E-state index in [4.69, 9.17) is 9.47 Å². The number of epoxide rings is 1. The molecule has 14 heavy (non-hydrogen) atoms. The highest BCUT2D eigenvalue weighted by Gasteiger charge is 2.46. The molecular formula is C11H21NO2. The van der Waals surface area contributed by atoms with Crippen molar-refractivity contribution in [1.82, 2.24) is 4.90 Å². The molecular weight excluding hydrogens is 178 g/mol. The first-order valence-corrected chi connectivity index (χ1v) is 5.64. The molecule has 2 heterocycles. The number of nitrogens with zero attached hydrogens (tertiary/aromatic N) is 1. The lowest BCUT2D eigenvalue weighted by atomic mass is 10.1. The molecule has 0 amide bonds. The summed E-state index contributed by atoms with van der Waals surface area (Å²) in [6, 6.07) is 0. The van der Waals surface area contributed by atoms with Crippen molar-refractivity contribution in [2.45, 2.75) is 58.2 Å². The molecule has 0 spiro atoms. The minimum absolute atomic E-state index is 0.0214. The van der Waals surface area contributed by atoms with Crippen molar-refractivity contribution in [3.05, 3.63) is 0 Å². The van der Waals surface area contributed by atoms with Crippen LogP contribution in [0.3, 0.4) is 0 Å². The van der Waals surface area contributed by atoms with E-state index in [0.717, 1.165) is 0 Å². The summed E-state index contributed by atoms with van der Waals surface area (Å²) < 4.78 is 11.3. The van der Waals surface area contributed by atoms with Crippen LogP contribution in [0.1, 0.15) is 40.0 Å². The van der Waals surface area contributed by atoms with Gasteiger partial charge in [0, 0.05) is 13.1 Å². The summed E-state index contributed by atoms with van der Waals surface area (Å²) in [7, 11) is 0. The molecule has 2 saturated heterocycles. The smallest absolute Gasteiger partial charge is 0.200 e. The van der Waals surface area contributed by atoms with Gasteiger partial charge >= 0.3 is 0 Å². The van der Waals surface area contributed by atoms with E-state index in [1.54, 1.807) is 0 Å². The van der Waals surface area contributed by atoms with Crippen LogP contribution in [-0.4, -0.2) is 36.1 Å². The Kier molecular flexibility index (Phi) is 2.82. The van der Waals surface area contributed by atoms with Gasteiger partial charge in [-0.25, -0.2) is 0 Å². The molecule has 3 heteroatoms. The summed E-state index contributed by atoms with van der Waals surface area (Å²) in [5.74, 6) is 0. The highest BCUT2D eigenvalue weighted by molar-refractivity contribution is 4.82. The van der Waals surface area contributed by atoms with Crippen molar-refractivity contribution in [1.29, 1.82) is 0 Å². The van der Waals surface area contributed by atoms with Gasteiger partial charge in [-0.3, -0.25) is 4.90 Å². The number of hydrogen-bond acceptors (Lipinski definition) is 3. The molecule has 0 aromatic carbocycles. The maximum atomic E-state index is 5.75. The Bertz CT molecular complexity index is 194. The molecule has 2 rings (SSSR count). The van der Waals surface area contributed by atoms with Crippen LogP contribution >= 0.6 is 0 Å². The van der Waals surface area contributed by atoms with Crippen LogP contribution in [0.2, 0.25) is 0 Å². The van der Waals surface area contributed by atoms with E-state index in [2.05, 4.69) is 25.7 Å². The lowest BCUT2D eigenvalue weighted by Gasteiger charge is -2.25. The molecule has 2 fully saturated rings. The van der Waals surface area contributed by atoms with Gasteiger partial charge in [-0.15, -0.1) is 0 Å². The quantitative estimate of drug-likeness (QED) is 0.636. The molecule has 0 aromatic rings. The van der Waals surface area contributed by atoms with Crippen LogP contribution in [-0.2, 0) is 9.47 Å². The summed E-state index contributed by atoms with van der Waals surface area (Å²) in [5, 5.41) is 0. The Balaban J connectivity index is 1.75. The molecule has 2 aliphatic rings. The fraction of sp³-hybridized carbons (Fsp3) is 1.00. The molecule has 2 atom stereocenters. The van der Waals surface area contributed by atoms with Crippen molar-refractivity contribution in [2.75, 3.05) is 13.1 Å². The SMILES string of the molecule is CC(C)(C)OC1OC1N1CCCCC1. The first kappa shape index (κ1) is 10.4. The van der Waals surface area contributed by atoms with Crippen molar-refractivity contribution in [2.24, 2.45) is 0 Å². The first-order valence-electron chi connectivity index (χ1n) is 5.64. The average Bonchev–Trinajstić information content (AvgIpc) is 2.82. The summed E-state index contributed by atoms with van der Waals surface area (Å²) >= 11 is 0. The zero-order valence-electron chi connectivity index (χ0n) is 9.45. The number of piperidine rings is 1. The van der Waals surface area contributed by atoms with Crippen LogP contribution in [0.5, 0.6) is 0 Å². The molecule has 3 nitrogen and oxygen atoms in total. The van der Waals surface area contributed by atoms with Gasteiger partial charge in [0.2, 0.25) is 0 Å². The minimum Gasteiger partial charge on any atom is -0.343 e. The average molecular weight is 199 g/mol. The fourth-order valence-electron chi connectivity index (χ4n) is 1.96. The molecule has 0 bridgehead atoms. The molecule has 2 aliphatic heterocycles. The van der Waals surface area contributed by atoms with Crippen LogP contribution in [0, 0.1) is 0 Å². The summed E-state index contributed by atoms with van der Waals surface area (Å²) in [4.78, 5) is 2.40. The largest absolute Gasteiger partial charge is 0.343 e. The van der Waals surface area contributed by atoms with Crippen molar-refractivity contribution in [3.8, 4) is 0 Å². The Morgan fingerprint density at radius 3 is 2.36 bits per heavy atom. The van der Waals surface area contributed by atoms with Gasteiger partial charge in [-0.1, -0.05) is 6.42 Å². The third-order valence-electron chi connectivity index (χ3n) is 2.65. The van der Waals surface area contributed by atoms with E-state index in [1.807, 2.05) is 0 Å². The van der Waals surface area contributed by atoms with Gasteiger partial charge in [-0.2, -0.15) is 0 Å². The Morgan fingerprint density at radius 1 is 1.14 bits per heavy atom. The number of ether oxygens (including phenoxy) is 2. The molecule has 0 aliphatic carbocycles. The second kappa shape index (κ2) is 3.80. The predicted octanol–water partition coefficient (Wildman–Crippen LogP) is 1.97. The summed E-state index contributed by atoms with van der Waals surface area (Å²) in [6.45, 7) is 8.56. The molecule has 0 saturated carbocycles. The molecule has 0 radical (unpaired) electrons. The number of likely N-dealkylation sites (tertiary alicyclic amines) is 1. The third-order valence-corrected chi connectivity index (χ3v) is 2.65. The predicted molar refractivity (Wildman–Crippen MR) is 54.9 cm³/mol. The van der Waals surface area contributed by atoms with Crippen LogP contribution < -0.4 is 0 Å². The maximum absolute atomic E-state index is 5.75. The Morgan fingerprint density at radius 2 is 1.79 bits per heavy atom. The van der Waals surface area contributed by atoms with Gasteiger partial charge in [0.05, 0.1) is 5.60 Å². The van der Waals surface area contributed by atoms with Gasteiger partial charge in [-0.05, 0) is 33.6 Å². The van der Waals surface area contributed by atoms with Crippen molar-refractivity contribution < 1.29 is 9.47 Å². The third kappa shape index (κ3) is 2.69. The van der Waals surface area contributed by atoms with Crippen LogP contribution in [0.15, 0.2) is 0 Å². The lowest BCUT2D eigenvalue weighted by molar-refractivity contribution is -0.0578. The lowest BCUT2D eigenvalue weighted by Crippen LogP contribution is -2.35. The monoisotopic (exact) mass is 199 g/mol. The fourth-order valence-corrected chi connectivity index (χ4v) is 1.96. The molecule has 2 unspecified atom stereocenters. The van der Waals surface area contributed by atoms with Gasteiger partial charge in [0.25, 0.3) is 0 Å². The molecule has 0 N–H and O–H groups in total. The van der Waals surface area contributed by atoms with Gasteiger partial charge in [0.1, 0.15) is 0 Å². The zero-order valence-corrected chi connectivity index (χ0v) is 9.45. The normalized spacial score (nSPS) is 34.5.